The number of rotatable bonds is 7. The largest absolute Gasteiger partial charge is 0.465 e. The lowest BCUT2D eigenvalue weighted by atomic mass is 10.1. The Morgan fingerprint density at radius 3 is 2.08 bits per heavy atom. The first-order valence-electron chi connectivity index (χ1n) is 8.96. The Kier molecular flexibility index (Phi) is 7.59. The quantitative estimate of drug-likeness (QED) is 0.420. The number of carbonyl (C=O) groups is 2. The Balaban J connectivity index is 2.04. The minimum Gasteiger partial charge on any atom is -0.465 e. The van der Waals surface area contributed by atoms with Crippen molar-refractivity contribution in [3.05, 3.63) is 24.3 Å². The third-order valence-electron chi connectivity index (χ3n) is 4.17. The number of carbonyl (C=O) groups excluding carboxylic acids is 2. The normalized spacial score (nSPS) is 15.5. The van der Waals surface area contributed by atoms with Gasteiger partial charge in [-0.05, 0) is 45.2 Å². The zero-order valence-electron chi connectivity index (χ0n) is 15.7. The van der Waals surface area contributed by atoms with Crippen molar-refractivity contribution in [1.82, 2.24) is 4.90 Å². The van der Waals surface area contributed by atoms with Crippen LogP contribution < -0.4 is 4.90 Å². The van der Waals surface area contributed by atoms with E-state index in [0.717, 1.165) is 31.9 Å². The van der Waals surface area contributed by atoms with E-state index in [0.29, 0.717) is 5.69 Å². The van der Waals surface area contributed by atoms with E-state index in [-0.39, 0.29) is 13.2 Å². The summed E-state index contributed by atoms with van der Waals surface area (Å²) in [5, 5.41) is 0. The summed E-state index contributed by atoms with van der Waals surface area (Å²) in [5.74, 6) is -2.44. The third kappa shape index (κ3) is 5.56. The lowest BCUT2D eigenvalue weighted by Gasteiger charge is -2.34. The fourth-order valence-electron chi connectivity index (χ4n) is 2.66. The number of hydrogen-bond acceptors (Lipinski definition) is 7. The molecule has 2 rings (SSSR count). The number of anilines is 1. The van der Waals surface area contributed by atoms with Crippen LogP contribution in [0.25, 0.3) is 0 Å². The van der Waals surface area contributed by atoms with Crippen molar-refractivity contribution >= 4 is 29.5 Å². The van der Waals surface area contributed by atoms with Crippen LogP contribution >= 0.6 is 0 Å². The molecular formula is C19H27N3O4. The van der Waals surface area contributed by atoms with Crippen molar-refractivity contribution < 1.29 is 19.1 Å². The Morgan fingerprint density at radius 1 is 1.04 bits per heavy atom. The van der Waals surface area contributed by atoms with Crippen LogP contribution in [0, 0.1) is 5.92 Å². The van der Waals surface area contributed by atoms with E-state index in [1.165, 1.54) is 6.21 Å². The van der Waals surface area contributed by atoms with E-state index in [1.807, 2.05) is 24.3 Å². The van der Waals surface area contributed by atoms with Gasteiger partial charge in [-0.15, -0.1) is 0 Å². The average molecular weight is 361 g/mol. The van der Waals surface area contributed by atoms with Gasteiger partial charge in [-0.1, -0.05) is 0 Å². The SMILES string of the molecule is CCOC(=O)C(C=Nc1ccc(N2CCN(C)CC2)cc1)C(=O)OCC. The van der Waals surface area contributed by atoms with Gasteiger partial charge in [-0.3, -0.25) is 14.6 Å². The molecule has 0 bridgehead atoms. The van der Waals surface area contributed by atoms with Crippen molar-refractivity contribution in [1.29, 1.82) is 0 Å². The van der Waals surface area contributed by atoms with E-state index >= 15 is 0 Å². The lowest BCUT2D eigenvalue weighted by molar-refractivity contribution is -0.157. The van der Waals surface area contributed by atoms with Gasteiger partial charge in [0.05, 0.1) is 18.9 Å². The first-order valence-corrected chi connectivity index (χ1v) is 8.96. The first-order chi connectivity index (χ1) is 12.5. The molecule has 1 aliphatic heterocycles. The molecule has 0 atom stereocenters. The molecule has 0 saturated carbocycles. The van der Waals surface area contributed by atoms with Crippen LogP contribution in [0.1, 0.15) is 13.8 Å². The van der Waals surface area contributed by atoms with Gasteiger partial charge in [-0.2, -0.15) is 0 Å². The Labute approximate surface area is 154 Å². The van der Waals surface area contributed by atoms with Gasteiger partial charge in [0, 0.05) is 38.1 Å². The van der Waals surface area contributed by atoms with Crippen molar-refractivity contribution in [2.45, 2.75) is 13.8 Å². The zero-order valence-corrected chi connectivity index (χ0v) is 15.7. The standard InChI is InChI=1S/C19H27N3O4/c1-4-25-18(23)17(19(24)26-5-2)14-20-15-6-8-16(9-7-15)22-12-10-21(3)11-13-22/h6-9,14,17H,4-5,10-13H2,1-3H3. The molecule has 142 valence electrons. The van der Waals surface area contributed by atoms with Crippen LogP contribution in [0.15, 0.2) is 29.3 Å². The molecule has 0 aromatic heterocycles. The average Bonchev–Trinajstić information content (AvgIpc) is 2.63. The summed E-state index contributed by atoms with van der Waals surface area (Å²) in [7, 11) is 2.12. The number of benzene rings is 1. The molecule has 0 aliphatic carbocycles. The fraction of sp³-hybridized carbons (Fsp3) is 0.526. The van der Waals surface area contributed by atoms with E-state index < -0.39 is 17.9 Å². The van der Waals surface area contributed by atoms with E-state index in [4.69, 9.17) is 9.47 Å². The summed E-state index contributed by atoms with van der Waals surface area (Å²) < 4.78 is 9.85. The number of ether oxygens (including phenoxy) is 2. The number of aliphatic imine (C=N–C) groups is 1. The molecule has 0 spiro atoms. The van der Waals surface area contributed by atoms with Crippen molar-refractivity contribution in [3.8, 4) is 0 Å². The lowest BCUT2D eigenvalue weighted by Crippen LogP contribution is -2.44. The monoisotopic (exact) mass is 361 g/mol. The second-order valence-corrected chi connectivity index (χ2v) is 6.07. The van der Waals surface area contributed by atoms with Gasteiger partial charge in [0.2, 0.25) is 0 Å². The molecule has 0 N–H and O–H groups in total. The summed E-state index contributed by atoms with van der Waals surface area (Å²) in [6.07, 6.45) is 1.29. The molecule has 1 aromatic carbocycles. The van der Waals surface area contributed by atoms with Crippen LogP contribution in [0.5, 0.6) is 0 Å². The molecule has 1 fully saturated rings. The summed E-state index contributed by atoms with van der Waals surface area (Å²) >= 11 is 0. The van der Waals surface area contributed by atoms with Gasteiger partial charge in [0.15, 0.2) is 5.92 Å². The minimum atomic E-state index is -1.15. The Bertz CT molecular complexity index is 604. The first kappa shape index (κ1) is 19.9. The molecule has 0 radical (unpaired) electrons. The van der Waals surface area contributed by atoms with Crippen molar-refractivity contribution in [2.75, 3.05) is 51.3 Å². The molecule has 1 heterocycles. The number of likely N-dealkylation sites (N-methyl/N-ethyl adjacent to an activating group) is 1. The predicted octanol–water partition coefficient (Wildman–Crippen LogP) is 1.88. The second-order valence-electron chi connectivity index (χ2n) is 6.07. The minimum absolute atomic E-state index is 0.197. The van der Waals surface area contributed by atoms with Crippen LogP contribution in [0.3, 0.4) is 0 Å². The maximum Gasteiger partial charge on any atom is 0.325 e. The van der Waals surface area contributed by atoms with Gasteiger partial charge >= 0.3 is 11.9 Å². The number of nitrogens with zero attached hydrogens (tertiary/aromatic N) is 3. The molecule has 26 heavy (non-hydrogen) atoms. The highest BCUT2D eigenvalue weighted by Gasteiger charge is 2.27. The summed E-state index contributed by atoms with van der Waals surface area (Å²) in [6.45, 7) is 7.84. The molecule has 7 nitrogen and oxygen atoms in total. The van der Waals surface area contributed by atoms with Crippen LogP contribution in [-0.2, 0) is 19.1 Å². The van der Waals surface area contributed by atoms with Crippen LogP contribution in [0.2, 0.25) is 0 Å². The highest BCUT2D eigenvalue weighted by Crippen LogP contribution is 2.21. The van der Waals surface area contributed by atoms with Gasteiger partial charge in [-0.25, -0.2) is 0 Å². The Morgan fingerprint density at radius 2 is 1.58 bits per heavy atom. The van der Waals surface area contributed by atoms with E-state index in [9.17, 15) is 9.59 Å². The van der Waals surface area contributed by atoms with Gasteiger partial charge < -0.3 is 19.3 Å². The van der Waals surface area contributed by atoms with Crippen LogP contribution in [0.4, 0.5) is 11.4 Å². The molecular weight excluding hydrogens is 334 g/mol. The van der Waals surface area contributed by atoms with Crippen molar-refractivity contribution in [2.24, 2.45) is 10.9 Å². The topological polar surface area (TPSA) is 71.4 Å². The maximum absolute atomic E-state index is 11.9. The second kappa shape index (κ2) is 9.91. The highest BCUT2D eigenvalue weighted by atomic mass is 16.6. The maximum atomic E-state index is 11.9. The number of hydrogen-bond donors (Lipinski definition) is 0. The Hall–Kier alpha value is -2.41. The predicted molar refractivity (Wildman–Crippen MR) is 101 cm³/mol. The van der Waals surface area contributed by atoms with Gasteiger partial charge in [0.25, 0.3) is 0 Å². The fourth-order valence-corrected chi connectivity index (χ4v) is 2.66. The van der Waals surface area contributed by atoms with E-state index in [2.05, 4.69) is 21.8 Å². The summed E-state index contributed by atoms with van der Waals surface area (Å²) in [6, 6.07) is 7.75. The zero-order chi connectivity index (χ0) is 18.9. The van der Waals surface area contributed by atoms with Gasteiger partial charge in [0.1, 0.15) is 0 Å². The van der Waals surface area contributed by atoms with Crippen LogP contribution in [-0.4, -0.2) is 69.5 Å². The molecule has 1 aromatic rings. The van der Waals surface area contributed by atoms with Crippen molar-refractivity contribution in [3.63, 3.8) is 0 Å². The molecule has 0 unspecified atom stereocenters. The highest BCUT2D eigenvalue weighted by molar-refractivity contribution is 6.09. The number of esters is 2. The third-order valence-corrected chi connectivity index (χ3v) is 4.17. The molecule has 0 amide bonds. The molecule has 1 saturated heterocycles. The van der Waals surface area contributed by atoms with E-state index in [1.54, 1.807) is 13.8 Å². The molecule has 1 aliphatic rings. The smallest absolute Gasteiger partial charge is 0.325 e. The summed E-state index contributed by atoms with van der Waals surface area (Å²) in [4.78, 5) is 32.8. The summed E-state index contributed by atoms with van der Waals surface area (Å²) in [5.41, 5.74) is 1.81. The number of piperazine rings is 1. The molecule has 7 heteroatoms.